The molecule has 0 spiro atoms. The summed E-state index contributed by atoms with van der Waals surface area (Å²) in [5.41, 5.74) is 7.11. The highest BCUT2D eigenvalue weighted by atomic mass is 79.9. The predicted octanol–water partition coefficient (Wildman–Crippen LogP) is 3.89. The molecule has 1 nitrogen and oxygen atoms in total. The molecule has 1 rings (SSSR count). The monoisotopic (exact) mass is 287 g/mol. The normalized spacial score (nSPS) is 16.9. The molecular formula is C13H19BrFN. The summed E-state index contributed by atoms with van der Waals surface area (Å²) in [5, 5.41) is 0. The summed E-state index contributed by atoms with van der Waals surface area (Å²) in [5.74, 6) is 0.211. The summed E-state index contributed by atoms with van der Waals surface area (Å²) in [6.07, 6.45) is 1.82. The van der Waals surface area contributed by atoms with Crippen molar-refractivity contribution in [3.8, 4) is 0 Å². The zero-order valence-corrected chi connectivity index (χ0v) is 11.6. The molecule has 0 saturated heterocycles. The van der Waals surface area contributed by atoms with Crippen LogP contribution in [0.3, 0.4) is 0 Å². The highest BCUT2D eigenvalue weighted by molar-refractivity contribution is 9.10. The molecule has 1 aromatic rings. The van der Waals surface area contributed by atoms with Crippen LogP contribution in [0.5, 0.6) is 0 Å². The average molecular weight is 288 g/mol. The van der Waals surface area contributed by atoms with Crippen LogP contribution >= 0.6 is 15.9 Å². The first kappa shape index (κ1) is 13.7. The van der Waals surface area contributed by atoms with E-state index in [1.165, 1.54) is 6.07 Å². The largest absolute Gasteiger partial charge is 0.325 e. The minimum atomic E-state index is -0.244. The molecule has 0 saturated carbocycles. The molecule has 0 fully saturated rings. The van der Waals surface area contributed by atoms with Gasteiger partial charge in [0.25, 0.3) is 0 Å². The molecule has 2 N–H and O–H groups in total. The van der Waals surface area contributed by atoms with Crippen LogP contribution in [0.2, 0.25) is 0 Å². The minimum Gasteiger partial charge on any atom is -0.325 e. The lowest BCUT2D eigenvalue weighted by molar-refractivity contribution is 0.306. The Morgan fingerprint density at radius 1 is 1.50 bits per heavy atom. The third kappa shape index (κ3) is 3.29. The number of halogens is 2. The van der Waals surface area contributed by atoms with Crippen molar-refractivity contribution in [2.75, 3.05) is 0 Å². The Labute approximate surface area is 105 Å². The van der Waals surface area contributed by atoms with Crippen LogP contribution in [0.1, 0.15) is 32.8 Å². The van der Waals surface area contributed by atoms with Gasteiger partial charge < -0.3 is 5.73 Å². The van der Waals surface area contributed by atoms with Gasteiger partial charge in [-0.25, -0.2) is 4.39 Å². The van der Waals surface area contributed by atoms with Crippen LogP contribution in [-0.2, 0) is 6.42 Å². The molecular weight excluding hydrogens is 269 g/mol. The van der Waals surface area contributed by atoms with E-state index in [-0.39, 0.29) is 11.4 Å². The van der Waals surface area contributed by atoms with E-state index in [9.17, 15) is 4.39 Å². The molecule has 2 unspecified atom stereocenters. The molecule has 3 heteroatoms. The summed E-state index contributed by atoms with van der Waals surface area (Å²) in [7, 11) is 0. The Morgan fingerprint density at radius 2 is 2.12 bits per heavy atom. The van der Waals surface area contributed by atoms with Gasteiger partial charge >= 0.3 is 0 Å². The van der Waals surface area contributed by atoms with E-state index < -0.39 is 0 Å². The van der Waals surface area contributed by atoms with Crippen molar-refractivity contribution < 1.29 is 4.39 Å². The molecule has 1 aromatic carbocycles. The number of benzene rings is 1. The first-order valence-corrected chi connectivity index (χ1v) is 6.39. The molecule has 0 aliphatic heterocycles. The highest BCUT2D eigenvalue weighted by Gasteiger charge is 2.25. The molecule has 2 atom stereocenters. The molecule has 0 heterocycles. The topological polar surface area (TPSA) is 26.0 Å². The molecule has 0 aliphatic carbocycles. The SMILES string of the molecule is CCC(C)C(C)(N)Cc1ccc(F)c(Br)c1. The molecule has 0 radical (unpaired) electrons. The Bertz CT molecular complexity index is 363. The lowest BCUT2D eigenvalue weighted by Gasteiger charge is -2.31. The van der Waals surface area contributed by atoms with Crippen LogP contribution in [-0.4, -0.2) is 5.54 Å². The molecule has 0 bridgehead atoms. The first-order valence-electron chi connectivity index (χ1n) is 5.59. The fraction of sp³-hybridized carbons (Fsp3) is 0.538. The van der Waals surface area contributed by atoms with Gasteiger partial charge in [-0.3, -0.25) is 0 Å². The van der Waals surface area contributed by atoms with E-state index in [2.05, 4.69) is 36.7 Å². The van der Waals surface area contributed by atoms with E-state index in [1.807, 2.05) is 6.07 Å². The van der Waals surface area contributed by atoms with Gasteiger partial charge in [0.1, 0.15) is 5.82 Å². The van der Waals surface area contributed by atoms with Gasteiger partial charge in [0.05, 0.1) is 4.47 Å². The zero-order chi connectivity index (χ0) is 12.3. The number of hydrogen-bond acceptors (Lipinski definition) is 1. The molecule has 0 aliphatic rings. The van der Waals surface area contributed by atoms with Crippen LogP contribution in [0.15, 0.2) is 22.7 Å². The second-order valence-corrected chi connectivity index (χ2v) is 5.59. The van der Waals surface area contributed by atoms with Crippen molar-refractivity contribution in [3.05, 3.63) is 34.1 Å². The Balaban J connectivity index is 2.84. The van der Waals surface area contributed by atoms with E-state index in [0.717, 1.165) is 18.4 Å². The van der Waals surface area contributed by atoms with Gasteiger partial charge in [-0.1, -0.05) is 26.3 Å². The fourth-order valence-corrected chi connectivity index (χ4v) is 2.16. The van der Waals surface area contributed by atoms with E-state index in [4.69, 9.17) is 5.73 Å². The lowest BCUT2D eigenvalue weighted by atomic mass is 9.81. The van der Waals surface area contributed by atoms with Crippen molar-refractivity contribution in [1.82, 2.24) is 0 Å². The van der Waals surface area contributed by atoms with Crippen molar-refractivity contribution in [2.45, 2.75) is 39.2 Å². The number of rotatable bonds is 4. The smallest absolute Gasteiger partial charge is 0.137 e. The van der Waals surface area contributed by atoms with Crippen molar-refractivity contribution in [2.24, 2.45) is 11.7 Å². The van der Waals surface area contributed by atoms with Gasteiger partial charge in [-0.05, 0) is 52.9 Å². The van der Waals surface area contributed by atoms with E-state index >= 15 is 0 Å². The minimum absolute atomic E-state index is 0.231. The average Bonchev–Trinajstić information content (AvgIpc) is 2.22. The fourth-order valence-electron chi connectivity index (χ4n) is 1.73. The maximum absolute atomic E-state index is 13.1. The standard InChI is InChI=1S/C13H19BrFN/c1-4-9(2)13(3,16)8-10-5-6-12(15)11(14)7-10/h5-7,9H,4,8,16H2,1-3H3. The summed E-state index contributed by atoms with van der Waals surface area (Å²) < 4.78 is 13.6. The summed E-state index contributed by atoms with van der Waals surface area (Å²) in [4.78, 5) is 0. The van der Waals surface area contributed by atoms with Crippen LogP contribution in [0.25, 0.3) is 0 Å². The van der Waals surface area contributed by atoms with Crippen LogP contribution in [0, 0.1) is 11.7 Å². The Hall–Kier alpha value is -0.410. The maximum Gasteiger partial charge on any atom is 0.137 e. The number of nitrogens with two attached hydrogens (primary N) is 1. The second-order valence-electron chi connectivity index (χ2n) is 4.74. The van der Waals surface area contributed by atoms with Gasteiger partial charge in [0.2, 0.25) is 0 Å². The van der Waals surface area contributed by atoms with Crippen molar-refractivity contribution in [3.63, 3.8) is 0 Å². The van der Waals surface area contributed by atoms with Gasteiger partial charge in [-0.2, -0.15) is 0 Å². The second kappa shape index (κ2) is 5.28. The van der Waals surface area contributed by atoms with Gasteiger partial charge in [-0.15, -0.1) is 0 Å². The quantitative estimate of drug-likeness (QED) is 0.893. The third-order valence-electron chi connectivity index (χ3n) is 3.31. The van der Waals surface area contributed by atoms with Crippen LogP contribution < -0.4 is 5.73 Å². The highest BCUT2D eigenvalue weighted by Crippen LogP contribution is 2.24. The third-order valence-corrected chi connectivity index (χ3v) is 3.91. The predicted molar refractivity (Wildman–Crippen MR) is 69.9 cm³/mol. The molecule has 16 heavy (non-hydrogen) atoms. The summed E-state index contributed by atoms with van der Waals surface area (Å²) >= 11 is 3.19. The first-order chi connectivity index (χ1) is 7.36. The molecule has 90 valence electrons. The van der Waals surface area contributed by atoms with Crippen molar-refractivity contribution in [1.29, 1.82) is 0 Å². The van der Waals surface area contributed by atoms with Gasteiger partial charge in [0.15, 0.2) is 0 Å². The lowest BCUT2D eigenvalue weighted by Crippen LogP contribution is -2.44. The molecule has 0 amide bonds. The van der Waals surface area contributed by atoms with E-state index in [0.29, 0.717) is 10.4 Å². The molecule has 0 aromatic heterocycles. The zero-order valence-electron chi connectivity index (χ0n) is 10.1. The van der Waals surface area contributed by atoms with Crippen molar-refractivity contribution >= 4 is 15.9 Å². The Kier molecular flexibility index (Phi) is 4.51. The number of hydrogen-bond donors (Lipinski definition) is 1. The van der Waals surface area contributed by atoms with Gasteiger partial charge in [0, 0.05) is 5.54 Å². The van der Waals surface area contributed by atoms with E-state index in [1.54, 1.807) is 6.07 Å². The summed E-state index contributed by atoms with van der Waals surface area (Å²) in [6, 6.07) is 5.09. The Morgan fingerprint density at radius 3 is 2.62 bits per heavy atom. The van der Waals surface area contributed by atoms with Crippen LogP contribution in [0.4, 0.5) is 4.39 Å². The maximum atomic E-state index is 13.1. The summed E-state index contributed by atoms with van der Waals surface area (Å²) in [6.45, 7) is 6.34.